The highest BCUT2D eigenvalue weighted by Gasteiger charge is 2.63. The van der Waals surface area contributed by atoms with Gasteiger partial charge in [0.25, 0.3) is 0 Å². The lowest BCUT2D eigenvalue weighted by atomic mass is 9.44. The number of hydrogen-bond acceptors (Lipinski definition) is 4. The van der Waals surface area contributed by atoms with Gasteiger partial charge in [-0.1, -0.05) is 13.8 Å². The number of aliphatic hydroxyl groups excluding tert-OH is 3. The van der Waals surface area contributed by atoms with E-state index in [2.05, 4.69) is 13.8 Å². The molecule has 0 radical (unpaired) electrons. The van der Waals surface area contributed by atoms with Crippen LogP contribution in [0.2, 0.25) is 0 Å². The van der Waals surface area contributed by atoms with E-state index in [0.717, 1.165) is 44.9 Å². The second-order valence-electron chi connectivity index (χ2n) is 10.0. The Labute approximate surface area is 151 Å². The third kappa shape index (κ3) is 2.47. The maximum absolute atomic E-state index is 12.3. The minimum Gasteiger partial charge on any atom is -0.393 e. The Hall–Kier alpha value is -0.450. The Bertz CT molecular complexity index is 548. The summed E-state index contributed by atoms with van der Waals surface area (Å²) >= 11 is 0. The molecule has 0 saturated heterocycles. The van der Waals surface area contributed by atoms with Gasteiger partial charge >= 0.3 is 0 Å². The normalized spacial score (nSPS) is 55.2. The molecule has 0 aromatic heterocycles. The van der Waals surface area contributed by atoms with Gasteiger partial charge < -0.3 is 15.3 Å². The predicted molar refractivity (Wildman–Crippen MR) is 94.7 cm³/mol. The zero-order chi connectivity index (χ0) is 18.0. The van der Waals surface area contributed by atoms with Gasteiger partial charge in [-0.2, -0.15) is 0 Å². The Morgan fingerprint density at radius 2 is 1.80 bits per heavy atom. The zero-order valence-corrected chi connectivity index (χ0v) is 15.7. The van der Waals surface area contributed by atoms with Crippen LogP contribution in [0.25, 0.3) is 0 Å². The van der Waals surface area contributed by atoms with Gasteiger partial charge in [0.2, 0.25) is 0 Å². The van der Waals surface area contributed by atoms with Crippen molar-refractivity contribution in [3.63, 3.8) is 0 Å². The molecule has 25 heavy (non-hydrogen) atoms. The molecule has 9 atom stereocenters. The van der Waals surface area contributed by atoms with E-state index in [1.165, 1.54) is 0 Å². The van der Waals surface area contributed by atoms with E-state index in [4.69, 9.17) is 0 Å². The molecule has 0 amide bonds. The number of rotatable bonds is 2. The quantitative estimate of drug-likeness (QED) is 0.715. The molecule has 4 aliphatic carbocycles. The molecule has 4 saturated carbocycles. The first-order valence-electron chi connectivity index (χ1n) is 10.3. The first-order chi connectivity index (χ1) is 11.8. The monoisotopic (exact) mass is 350 g/mol. The number of Topliss-reactive ketones (excluding diaryl/α,β-unsaturated/α-hetero) is 1. The van der Waals surface area contributed by atoms with E-state index in [9.17, 15) is 20.1 Å². The molecule has 0 aromatic rings. The lowest BCUT2D eigenvalue weighted by molar-refractivity contribution is -0.179. The van der Waals surface area contributed by atoms with Crippen LogP contribution in [-0.4, -0.2) is 39.9 Å². The Morgan fingerprint density at radius 3 is 2.52 bits per heavy atom. The lowest BCUT2D eigenvalue weighted by Gasteiger charge is -2.62. The third-order valence-electron chi connectivity index (χ3n) is 9.11. The maximum Gasteiger partial charge on any atom is 0.161 e. The average molecular weight is 350 g/mol. The minimum atomic E-state index is -0.366. The Morgan fingerprint density at radius 1 is 1.04 bits per heavy atom. The van der Waals surface area contributed by atoms with Crippen LogP contribution < -0.4 is 0 Å². The molecule has 4 heteroatoms. The van der Waals surface area contributed by atoms with Crippen LogP contribution in [0.1, 0.15) is 65.2 Å². The topological polar surface area (TPSA) is 77.8 Å². The molecule has 4 aliphatic rings. The molecule has 4 rings (SSSR count). The summed E-state index contributed by atoms with van der Waals surface area (Å²) in [6.45, 7) is 4.19. The van der Waals surface area contributed by atoms with Crippen molar-refractivity contribution in [1.29, 1.82) is 0 Å². The van der Waals surface area contributed by atoms with Crippen molar-refractivity contribution in [3.8, 4) is 0 Å². The van der Waals surface area contributed by atoms with Crippen molar-refractivity contribution >= 4 is 5.78 Å². The number of carbonyl (C=O) groups is 1. The summed E-state index contributed by atoms with van der Waals surface area (Å²) in [5, 5.41) is 30.7. The van der Waals surface area contributed by atoms with Crippen LogP contribution in [0.5, 0.6) is 0 Å². The highest BCUT2D eigenvalue weighted by atomic mass is 16.3. The summed E-state index contributed by atoms with van der Waals surface area (Å²) < 4.78 is 0. The van der Waals surface area contributed by atoms with Gasteiger partial charge in [-0.05, 0) is 85.9 Å². The molecule has 3 N–H and O–H groups in total. The number of carbonyl (C=O) groups excluding carboxylic acids is 1. The van der Waals surface area contributed by atoms with Crippen LogP contribution in [0, 0.1) is 40.4 Å². The van der Waals surface area contributed by atoms with Crippen LogP contribution in [0.15, 0.2) is 0 Å². The van der Waals surface area contributed by atoms with Crippen LogP contribution >= 0.6 is 0 Å². The number of ketones is 1. The average Bonchev–Trinajstić information content (AvgIpc) is 2.91. The summed E-state index contributed by atoms with van der Waals surface area (Å²) in [5.41, 5.74) is -0.0280. The number of hydrogen-bond donors (Lipinski definition) is 3. The second-order valence-corrected chi connectivity index (χ2v) is 10.0. The first-order valence-corrected chi connectivity index (χ1v) is 10.3. The molecular formula is C21H34O4. The van der Waals surface area contributed by atoms with E-state index in [-0.39, 0.29) is 41.3 Å². The molecular weight excluding hydrogens is 316 g/mol. The molecule has 0 aromatic carbocycles. The Balaban J connectivity index is 1.65. The van der Waals surface area contributed by atoms with Crippen molar-refractivity contribution in [2.45, 2.75) is 77.4 Å². The Kier molecular flexibility index (Phi) is 4.33. The predicted octanol–water partition coefficient (Wildman–Crippen LogP) is 2.54. The zero-order valence-electron chi connectivity index (χ0n) is 15.7. The van der Waals surface area contributed by atoms with Crippen molar-refractivity contribution in [2.75, 3.05) is 6.61 Å². The molecule has 4 fully saturated rings. The first kappa shape index (κ1) is 17.9. The summed E-state index contributed by atoms with van der Waals surface area (Å²) in [6, 6.07) is 0. The standard InChI is InChI=1S/C21H34O4/c1-20-8-7-13(23)9-12(20)3-4-14-15-5-6-16(18(25)11-22)21(15,2)10-17(24)19(14)20/h12-17,19,22-24H,3-11H2,1-2H3/t12-,13-,14-,15-,16+,17+,19+,20-,21-/m0/s1. The number of aliphatic hydroxyl groups is 3. The fourth-order valence-corrected chi connectivity index (χ4v) is 8.00. The van der Waals surface area contributed by atoms with E-state index in [1.54, 1.807) is 0 Å². The van der Waals surface area contributed by atoms with Crippen LogP contribution in [-0.2, 0) is 4.79 Å². The fraction of sp³-hybridized carbons (Fsp3) is 0.952. The SMILES string of the molecule is C[C@]12CC[C@H](O)C[C@@H]1CC[C@@H]1[C@@H]2[C@H](O)C[C@]2(C)[C@@H](C(=O)CO)CC[C@@H]12. The van der Waals surface area contributed by atoms with E-state index in [0.29, 0.717) is 30.1 Å². The van der Waals surface area contributed by atoms with E-state index >= 15 is 0 Å². The van der Waals surface area contributed by atoms with E-state index in [1.807, 2.05) is 0 Å². The summed E-state index contributed by atoms with van der Waals surface area (Å²) in [7, 11) is 0. The number of fused-ring (bicyclic) bond motifs is 5. The van der Waals surface area contributed by atoms with Crippen molar-refractivity contribution in [1.82, 2.24) is 0 Å². The van der Waals surface area contributed by atoms with Crippen molar-refractivity contribution in [3.05, 3.63) is 0 Å². The second kappa shape index (κ2) is 6.03. The smallest absolute Gasteiger partial charge is 0.161 e. The summed E-state index contributed by atoms with van der Waals surface area (Å²) in [4.78, 5) is 12.3. The molecule has 0 bridgehead atoms. The van der Waals surface area contributed by atoms with Crippen molar-refractivity contribution < 1.29 is 20.1 Å². The van der Waals surface area contributed by atoms with Gasteiger partial charge in [0, 0.05) is 5.92 Å². The molecule has 0 unspecified atom stereocenters. The molecule has 142 valence electrons. The highest BCUT2D eigenvalue weighted by Crippen LogP contribution is 2.67. The molecule has 0 spiro atoms. The lowest BCUT2D eigenvalue weighted by Crippen LogP contribution is -2.59. The van der Waals surface area contributed by atoms with Crippen LogP contribution in [0.4, 0.5) is 0 Å². The van der Waals surface area contributed by atoms with Gasteiger partial charge in [-0.25, -0.2) is 0 Å². The van der Waals surface area contributed by atoms with Gasteiger partial charge in [-0.3, -0.25) is 4.79 Å². The maximum atomic E-state index is 12.3. The third-order valence-corrected chi connectivity index (χ3v) is 9.11. The molecule has 0 aliphatic heterocycles. The van der Waals surface area contributed by atoms with Gasteiger partial charge in [0.1, 0.15) is 6.61 Å². The summed E-state index contributed by atoms with van der Waals surface area (Å²) in [6.07, 6.45) is 7.12. The fourth-order valence-electron chi connectivity index (χ4n) is 8.00. The largest absolute Gasteiger partial charge is 0.393 e. The van der Waals surface area contributed by atoms with Gasteiger partial charge in [-0.15, -0.1) is 0 Å². The highest BCUT2D eigenvalue weighted by molar-refractivity contribution is 5.83. The summed E-state index contributed by atoms with van der Waals surface area (Å²) in [5.74, 6) is 1.69. The molecule has 0 heterocycles. The van der Waals surface area contributed by atoms with Crippen LogP contribution in [0.3, 0.4) is 0 Å². The van der Waals surface area contributed by atoms with Gasteiger partial charge in [0.05, 0.1) is 12.2 Å². The van der Waals surface area contributed by atoms with E-state index < -0.39 is 0 Å². The molecule has 4 nitrogen and oxygen atoms in total. The van der Waals surface area contributed by atoms with Gasteiger partial charge in [0.15, 0.2) is 5.78 Å². The minimum absolute atomic E-state index is 0.0312. The van der Waals surface area contributed by atoms with Crippen molar-refractivity contribution in [2.24, 2.45) is 40.4 Å².